The molecule has 0 saturated carbocycles. The monoisotopic (exact) mass is 250 g/mol. The van der Waals surface area contributed by atoms with E-state index in [1.54, 1.807) is 19.9 Å². The summed E-state index contributed by atoms with van der Waals surface area (Å²) in [6.45, 7) is 3.28. The summed E-state index contributed by atoms with van der Waals surface area (Å²) < 4.78 is 17.9. The van der Waals surface area contributed by atoms with Gasteiger partial charge in [-0.15, -0.1) is 0 Å². The average Bonchev–Trinajstić information content (AvgIpc) is 2.37. The summed E-state index contributed by atoms with van der Waals surface area (Å²) in [5.41, 5.74) is 5.45. The van der Waals surface area contributed by atoms with Crippen LogP contribution in [0.3, 0.4) is 0 Å². The molecule has 0 aliphatic rings. The number of carbonyl (C=O) groups is 1. The number of hydrogen-bond donors (Lipinski definition) is 1. The van der Waals surface area contributed by atoms with Crippen LogP contribution in [-0.2, 0) is 9.53 Å². The molecule has 0 unspecified atom stereocenters. The van der Waals surface area contributed by atoms with Crippen molar-refractivity contribution in [2.75, 3.05) is 7.11 Å². The summed E-state index contributed by atoms with van der Waals surface area (Å²) in [6, 6.07) is 5.04. The van der Waals surface area contributed by atoms with Crippen LogP contribution in [0.25, 0.3) is 0 Å². The van der Waals surface area contributed by atoms with Gasteiger partial charge in [-0.2, -0.15) is 5.26 Å². The lowest BCUT2D eigenvalue weighted by molar-refractivity contribution is -0.152. The van der Waals surface area contributed by atoms with Gasteiger partial charge < -0.3 is 10.5 Å². The Labute approximate surface area is 105 Å². The van der Waals surface area contributed by atoms with Crippen LogP contribution in [0.15, 0.2) is 18.2 Å². The SMILES string of the molecule is COC(=O)C(C)(C)[C@@H](N)c1ccc(F)c(C#N)c1. The molecule has 1 rings (SSSR count). The van der Waals surface area contributed by atoms with E-state index < -0.39 is 23.2 Å². The first-order valence-corrected chi connectivity index (χ1v) is 5.38. The highest BCUT2D eigenvalue weighted by molar-refractivity contribution is 5.77. The zero-order valence-electron chi connectivity index (χ0n) is 10.5. The van der Waals surface area contributed by atoms with Crippen LogP contribution in [0.5, 0.6) is 0 Å². The van der Waals surface area contributed by atoms with Gasteiger partial charge in [-0.05, 0) is 31.5 Å². The third kappa shape index (κ3) is 2.49. The van der Waals surface area contributed by atoms with Gasteiger partial charge >= 0.3 is 5.97 Å². The van der Waals surface area contributed by atoms with E-state index >= 15 is 0 Å². The van der Waals surface area contributed by atoms with Crippen molar-refractivity contribution in [2.45, 2.75) is 19.9 Å². The van der Waals surface area contributed by atoms with Gasteiger partial charge in [-0.25, -0.2) is 4.39 Å². The molecule has 0 bridgehead atoms. The molecule has 18 heavy (non-hydrogen) atoms. The molecule has 0 aromatic heterocycles. The topological polar surface area (TPSA) is 76.1 Å². The molecule has 2 N–H and O–H groups in total. The Morgan fingerprint density at radius 1 is 1.56 bits per heavy atom. The summed E-state index contributed by atoms with van der Waals surface area (Å²) in [5, 5.41) is 8.76. The van der Waals surface area contributed by atoms with Crippen LogP contribution < -0.4 is 5.73 Å². The fraction of sp³-hybridized carbons (Fsp3) is 0.385. The van der Waals surface area contributed by atoms with E-state index in [2.05, 4.69) is 4.74 Å². The van der Waals surface area contributed by atoms with Crippen molar-refractivity contribution in [2.24, 2.45) is 11.1 Å². The molecule has 4 nitrogen and oxygen atoms in total. The third-order valence-corrected chi connectivity index (χ3v) is 2.96. The van der Waals surface area contributed by atoms with E-state index in [1.807, 2.05) is 0 Å². The van der Waals surface area contributed by atoms with Crippen LogP contribution >= 0.6 is 0 Å². The van der Waals surface area contributed by atoms with Crippen molar-refractivity contribution < 1.29 is 13.9 Å². The zero-order valence-corrected chi connectivity index (χ0v) is 10.5. The molecule has 0 fully saturated rings. The summed E-state index contributed by atoms with van der Waals surface area (Å²) in [4.78, 5) is 11.6. The van der Waals surface area contributed by atoms with Crippen LogP contribution in [0.4, 0.5) is 4.39 Å². The highest BCUT2D eigenvalue weighted by atomic mass is 19.1. The van der Waals surface area contributed by atoms with Gasteiger partial charge in [-0.1, -0.05) is 6.07 Å². The van der Waals surface area contributed by atoms with Gasteiger partial charge in [0.25, 0.3) is 0 Å². The third-order valence-electron chi connectivity index (χ3n) is 2.96. The zero-order chi connectivity index (χ0) is 13.9. The second kappa shape index (κ2) is 5.15. The van der Waals surface area contributed by atoms with Gasteiger partial charge in [0, 0.05) is 6.04 Å². The van der Waals surface area contributed by atoms with Crippen molar-refractivity contribution >= 4 is 5.97 Å². The van der Waals surface area contributed by atoms with Crippen LogP contribution in [-0.4, -0.2) is 13.1 Å². The number of nitriles is 1. The predicted molar refractivity (Wildman–Crippen MR) is 63.8 cm³/mol. The van der Waals surface area contributed by atoms with E-state index in [9.17, 15) is 9.18 Å². The Kier molecular flexibility index (Phi) is 4.04. The summed E-state index contributed by atoms with van der Waals surface area (Å²) in [5.74, 6) is -1.07. The lowest BCUT2D eigenvalue weighted by Gasteiger charge is -2.29. The van der Waals surface area contributed by atoms with E-state index in [-0.39, 0.29) is 5.56 Å². The molecule has 1 aromatic rings. The second-order valence-corrected chi connectivity index (χ2v) is 4.54. The van der Waals surface area contributed by atoms with Gasteiger partial charge in [-0.3, -0.25) is 4.79 Å². The molecule has 0 heterocycles. The van der Waals surface area contributed by atoms with E-state index in [0.29, 0.717) is 5.56 Å². The fourth-order valence-electron chi connectivity index (χ4n) is 1.63. The lowest BCUT2D eigenvalue weighted by atomic mass is 9.80. The Hall–Kier alpha value is -1.93. The van der Waals surface area contributed by atoms with Gasteiger partial charge in [0.05, 0.1) is 18.1 Å². The molecule has 1 atom stereocenters. The number of rotatable bonds is 3. The number of benzene rings is 1. The van der Waals surface area contributed by atoms with Gasteiger partial charge in [0.15, 0.2) is 0 Å². The van der Waals surface area contributed by atoms with Crippen molar-refractivity contribution in [3.05, 3.63) is 35.1 Å². The van der Waals surface area contributed by atoms with Gasteiger partial charge in [0.1, 0.15) is 11.9 Å². The number of nitrogens with zero attached hydrogens (tertiary/aromatic N) is 1. The molecule has 1 aromatic carbocycles. The predicted octanol–water partition coefficient (Wildman–Crippen LogP) is 1.90. The fourth-order valence-corrected chi connectivity index (χ4v) is 1.63. The number of halogens is 1. The number of nitrogens with two attached hydrogens (primary N) is 1. The average molecular weight is 250 g/mol. The molecule has 0 amide bonds. The number of esters is 1. The highest BCUT2D eigenvalue weighted by Gasteiger charge is 2.36. The number of methoxy groups -OCH3 is 1. The normalized spacial score (nSPS) is 12.7. The molecular formula is C13H15FN2O2. The van der Waals surface area contributed by atoms with Crippen molar-refractivity contribution in [3.63, 3.8) is 0 Å². The molecule has 96 valence electrons. The van der Waals surface area contributed by atoms with Crippen molar-refractivity contribution in [1.29, 1.82) is 5.26 Å². The first-order chi connectivity index (χ1) is 8.34. The Bertz CT molecular complexity index is 506. The molecule has 0 radical (unpaired) electrons. The maximum atomic E-state index is 13.2. The Balaban J connectivity index is 3.16. The minimum absolute atomic E-state index is 0.0939. The highest BCUT2D eigenvalue weighted by Crippen LogP contribution is 2.33. The van der Waals surface area contributed by atoms with E-state index in [4.69, 9.17) is 11.0 Å². The smallest absolute Gasteiger partial charge is 0.313 e. The summed E-state index contributed by atoms with van der Waals surface area (Å²) in [7, 11) is 1.28. The maximum Gasteiger partial charge on any atom is 0.313 e. The summed E-state index contributed by atoms with van der Waals surface area (Å²) >= 11 is 0. The molecular weight excluding hydrogens is 235 g/mol. The minimum Gasteiger partial charge on any atom is -0.469 e. The first kappa shape index (κ1) is 14.1. The Morgan fingerprint density at radius 3 is 2.67 bits per heavy atom. The molecule has 0 saturated heterocycles. The number of hydrogen-bond acceptors (Lipinski definition) is 4. The van der Waals surface area contributed by atoms with Crippen LogP contribution in [0.1, 0.15) is 31.0 Å². The maximum absolute atomic E-state index is 13.2. The Morgan fingerprint density at radius 2 is 2.17 bits per heavy atom. The van der Waals surface area contributed by atoms with Crippen molar-refractivity contribution in [3.8, 4) is 6.07 Å². The minimum atomic E-state index is -0.959. The van der Waals surface area contributed by atoms with Crippen molar-refractivity contribution in [1.82, 2.24) is 0 Å². The second-order valence-electron chi connectivity index (χ2n) is 4.54. The van der Waals surface area contributed by atoms with Crippen LogP contribution in [0.2, 0.25) is 0 Å². The van der Waals surface area contributed by atoms with Crippen LogP contribution in [0, 0.1) is 22.6 Å². The largest absolute Gasteiger partial charge is 0.469 e. The lowest BCUT2D eigenvalue weighted by Crippen LogP contribution is -2.37. The quantitative estimate of drug-likeness (QED) is 0.831. The molecule has 0 aliphatic heterocycles. The number of carbonyl (C=O) groups excluding carboxylic acids is 1. The standard InChI is InChI=1S/C13H15FN2O2/c1-13(2,12(17)18-3)11(16)8-4-5-10(14)9(6-8)7-15/h4-6,11H,16H2,1-3H3/t11-/m0/s1. The summed E-state index contributed by atoms with van der Waals surface area (Å²) in [6.07, 6.45) is 0. The molecule has 5 heteroatoms. The van der Waals surface area contributed by atoms with Gasteiger partial charge in [0.2, 0.25) is 0 Å². The van der Waals surface area contributed by atoms with E-state index in [0.717, 1.165) is 0 Å². The number of ether oxygens (including phenoxy) is 1. The first-order valence-electron chi connectivity index (χ1n) is 5.38. The van der Waals surface area contributed by atoms with E-state index in [1.165, 1.54) is 25.3 Å². The molecule has 0 aliphatic carbocycles. The molecule has 0 spiro atoms.